The van der Waals surface area contributed by atoms with Gasteiger partial charge in [0, 0.05) is 6.54 Å². The van der Waals surface area contributed by atoms with Crippen LogP contribution < -0.4 is 5.32 Å². The van der Waals surface area contributed by atoms with Gasteiger partial charge in [-0.2, -0.15) is 0 Å². The van der Waals surface area contributed by atoms with Crippen molar-refractivity contribution in [1.29, 1.82) is 0 Å². The summed E-state index contributed by atoms with van der Waals surface area (Å²) in [6.07, 6.45) is 0.291. The standard InChI is InChI=1S/C10H21NO2/c1-8(2)12-7-9-10(3,4)13-6-5-11-9/h8-9,11H,5-7H2,1-4H3. The summed E-state index contributed by atoms with van der Waals surface area (Å²) >= 11 is 0. The van der Waals surface area contributed by atoms with Crippen molar-refractivity contribution in [3.05, 3.63) is 0 Å². The molecule has 0 aromatic carbocycles. The van der Waals surface area contributed by atoms with E-state index in [1.165, 1.54) is 0 Å². The molecule has 0 saturated carbocycles. The monoisotopic (exact) mass is 187 g/mol. The smallest absolute Gasteiger partial charge is 0.0801 e. The summed E-state index contributed by atoms with van der Waals surface area (Å²) < 4.78 is 11.2. The fourth-order valence-electron chi connectivity index (χ4n) is 1.44. The molecule has 0 bridgehead atoms. The maximum absolute atomic E-state index is 5.67. The van der Waals surface area contributed by atoms with Crippen molar-refractivity contribution < 1.29 is 9.47 Å². The maximum atomic E-state index is 5.67. The first-order chi connectivity index (χ1) is 6.02. The van der Waals surface area contributed by atoms with Gasteiger partial charge in [-0.3, -0.25) is 0 Å². The predicted octanol–water partition coefficient (Wildman–Crippen LogP) is 1.18. The van der Waals surface area contributed by atoms with E-state index in [1.807, 2.05) is 0 Å². The molecule has 3 nitrogen and oxygen atoms in total. The first-order valence-electron chi connectivity index (χ1n) is 5.01. The predicted molar refractivity (Wildman–Crippen MR) is 52.9 cm³/mol. The van der Waals surface area contributed by atoms with Crippen molar-refractivity contribution in [2.75, 3.05) is 19.8 Å². The van der Waals surface area contributed by atoms with Crippen molar-refractivity contribution in [2.24, 2.45) is 0 Å². The maximum Gasteiger partial charge on any atom is 0.0801 e. The summed E-state index contributed by atoms with van der Waals surface area (Å²) in [4.78, 5) is 0. The molecule has 1 atom stereocenters. The number of rotatable bonds is 3. The van der Waals surface area contributed by atoms with Gasteiger partial charge in [0.2, 0.25) is 0 Å². The van der Waals surface area contributed by atoms with E-state index < -0.39 is 0 Å². The van der Waals surface area contributed by atoms with E-state index in [0.717, 1.165) is 19.8 Å². The molecule has 0 radical (unpaired) electrons. The molecule has 1 rings (SSSR count). The highest BCUT2D eigenvalue weighted by atomic mass is 16.5. The SMILES string of the molecule is CC(C)OCC1NCCOC1(C)C. The third kappa shape index (κ3) is 3.25. The lowest BCUT2D eigenvalue weighted by Gasteiger charge is -2.39. The Morgan fingerprint density at radius 3 is 2.77 bits per heavy atom. The van der Waals surface area contributed by atoms with Crippen LogP contribution >= 0.6 is 0 Å². The summed E-state index contributed by atoms with van der Waals surface area (Å²) in [6, 6.07) is 0.309. The second kappa shape index (κ2) is 4.40. The van der Waals surface area contributed by atoms with Crippen LogP contribution in [0.4, 0.5) is 0 Å². The molecule has 0 aliphatic carbocycles. The normalized spacial score (nSPS) is 27.9. The number of hydrogen-bond acceptors (Lipinski definition) is 3. The zero-order valence-electron chi connectivity index (χ0n) is 9.09. The Hall–Kier alpha value is -0.120. The minimum Gasteiger partial charge on any atom is -0.377 e. The number of morpholine rings is 1. The van der Waals surface area contributed by atoms with E-state index in [0.29, 0.717) is 12.1 Å². The Morgan fingerprint density at radius 2 is 2.23 bits per heavy atom. The molecule has 1 heterocycles. The first kappa shape index (κ1) is 11.0. The molecule has 0 amide bonds. The van der Waals surface area contributed by atoms with Gasteiger partial charge in [0.25, 0.3) is 0 Å². The molecule has 1 N–H and O–H groups in total. The summed E-state index contributed by atoms with van der Waals surface area (Å²) in [7, 11) is 0. The molecule has 0 spiro atoms. The van der Waals surface area contributed by atoms with E-state index in [1.54, 1.807) is 0 Å². The van der Waals surface area contributed by atoms with Crippen LogP contribution in [0.1, 0.15) is 27.7 Å². The third-order valence-corrected chi connectivity index (χ3v) is 2.40. The molecule has 13 heavy (non-hydrogen) atoms. The Labute approximate surface area is 80.8 Å². The Bertz CT molecular complexity index is 157. The van der Waals surface area contributed by atoms with E-state index in [4.69, 9.17) is 9.47 Å². The largest absolute Gasteiger partial charge is 0.377 e. The van der Waals surface area contributed by atoms with Crippen LogP contribution in [0.2, 0.25) is 0 Å². The highest BCUT2D eigenvalue weighted by Crippen LogP contribution is 2.18. The minimum atomic E-state index is -0.104. The number of hydrogen-bond donors (Lipinski definition) is 1. The zero-order chi connectivity index (χ0) is 9.90. The van der Waals surface area contributed by atoms with Crippen LogP contribution in [-0.2, 0) is 9.47 Å². The summed E-state index contributed by atoms with van der Waals surface area (Å²) in [6.45, 7) is 10.8. The molecular weight excluding hydrogens is 166 g/mol. The fourth-order valence-corrected chi connectivity index (χ4v) is 1.44. The van der Waals surface area contributed by atoms with Gasteiger partial charge >= 0.3 is 0 Å². The number of nitrogens with one attached hydrogen (secondary N) is 1. The van der Waals surface area contributed by atoms with Gasteiger partial charge in [-0.1, -0.05) is 0 Å². The summed E-state index contributed by atoms with van der Waals surface area (Å²) in [5.74, 6) is 0. The minimum absolute atomic E-state index is 0.104. The van der Waals surface area contributed by atoms with Crippen LogP contribution in [0.3, 0.4) is 0 Å². The van der Waals surface area contributed by atoms with Crippen LogP contribution in [0, 0.1) is 0 Å². The molecule has 1 unspecified atom stereocenters. The van der Waals surface area contributed by atoms with Gasteiger partial charge in [-0.05, 0) is 27.7 Å². The second-order valence-electron chi connectivity index (χ2n) is 4.34. The van der Waals surface area contributed by atoms with E-state index in [-0.39, 0.29) is 5.60 Å². The lowest BCUT2D eigenvalue weighted by atomic mass is 9.98. The zero-order valence-corrected chi connectivity index (χ0v) is 9.09. The topological polar surface area (TPSA) is 30.5 Å². The van der Waals surface area contributed by atoms with Crippen LogP contribution in [-0.4, -0.2) is 37.5 Å². The fraction of sp³-hybridized carbons (Fsp3) is 1.00. The van der Waals surface area contributed by atoms with Crippen molar-refractivity contribution in [3.8, 4) is 0 Å². The van der Waals surface area contributed by atoms with Gasteiger partial charge in [-0.15, -0.1) is 0 Å². The van der Waals surface area contributed by atoms with Crippen molar-refractivity contribution in [1.82, 2.24) is 5.32 Å². The van der Waals surface area contributed by atoms with Crippen LogP contribution in [0.25, 0.3) is 0 Å². The summed E-state index contributed by atoms with van der Waals surface area (Å²) in [5.41, 5.74) is -0.104. The van der Waals surface area contributed by atoms with Crippen molar-refractivity contribution >= 4 is 0 Å². The Kier molecular flexibility index (Phi) is 3.71. The highest BCUT2D eigenvalue weighted by Gasteiger charge is 2.33. The average Bonchev–Trinajstić information content (AvgIpc) is 2.01. The average molecular weight is 187 g/mol. The molecular formula is C10H21NO2. The lowest BCUT2D eigenvalue weighted by Crippen LogP contribution is -2.57. The lowest BCUT2D eigenvalue weighted by molar-refractivity contribution is -0.0957. The van der Waals surface area contributed by atoms with E-state index in [9.17, 15) is 0 Å². The van der Waals surface area contributed by atoms with Gasteiger partial charge in [0.15, 0.2) is 0 Å². The van der Waals surface area contributed by atoms with Gasteiger partial charge < -0.3 is 14.8 Å². The van der Waals surface area contributed by atoms with Crippen LogP contribution in [0.15, 0.2) is 0 Å². The van der Waals surface area contributed by atoms with Gasteiger partial charge in [0.05, 0.1) is 31.0 Å². The molecule has 1 aliphatic rings. The molecule has 0 aromatic rings. The van der Waals surface area contributed by atoms with Crippen molar-refractivity contribution in [3.63, 3.8) is 0 Å². The Morgan fingerprint density at radius 1 is 1.54 bits per heavy atom. The molecule has 3 heteroatoms. The second-order valence-corrected chi connectivity index (χ2v) is 4.34. The Balaban J connectivity index is 2.37. The molecule has 0 aromatic heterocycles. The van der Waals surface area contributed by atoms with Gasteiger partial charge in [0.1, 0.15) is 0 Å². The molecule has 78 valence electrons. The quantitative estimate of drug-likeness (QED) is 0.719. The summed E-state index contributed by atoms with van der Waals surface area (Å²) in [5, 5.41) is 3.41. The van der Waals surface area contributed by atoms with Gasteiger partial charge in [-0.25, -0.2) is 0 Å². The molecule has 1 aliphatic heterocycles. The molecule has 1 saturated heterocycles. The van der Waals surface area contributed by atoms with E-state index >= 15 is 0 Å². The third-order valence-electron chi connectivity index (χ3n) is 2.40. The van der Waals surface area contributed by atoms with Crippen LogP contribution in [0.5, 0.6) is 0 Å². The highest BCUT2D eigenvalue weighted by molar-refractivity contribution is 4.88. The first-order valence-corrected chi connectivity index (χ1v) is 5.01. The molecule has 1 fully saturated rings. The number of ether oxygens (including phenoxy) is 2. The van der Waals surface area contributed by atoms with E-state index in [2.05, 4.69) is 33.0 Å². The van der Waals surface area contributed by atoms with Crippen molar-refractivity contribution in [2.45, 2.75) is 45.4 Å².